The molecule has 1 aromatic carbocycles. The van der Waals surface area contributed by atoms with E-state index in [4.69, 9.17) is 11.6 Å². The number of fused-ring (bicyclic) bond motifs is 1. The average Bonchev–Trinajstić information content (AvgIpc) is 2.41. The van der Waals surface area contributed by atoms with Gasteiger partial charge in [0.05, 0.1) is 5.52 Å². The molecule has 1 saturated heterocycles. The summed E-state index contributed by atoms with van der Waals surface area (Å²) in [5, 5.41) is 6.06. The largest absolute Gasteiger partial charge is 0.317 e. The second kappa shape index (κ2) is 8.30. The molecular weight excluding hydrogens is 335 g/mol. The van der Waals surface area contributed by atoms with E-state index in [0.29, 0.717) is 5.25 Å². The maximum Gasteiger partial charge on any atom is 0.0714 e. The van der Waals surface area contributed by atoms with Crippen LogP contribution in [0.25, 0.3) is 10.9 Å². The number of hydrogen-bond donors (Lipinski definition) is 1. The molecule has 0 spiro atoms. The van der Waals surface area contributed by atoms with Crippen molar-refractivity contribution in [2.24, 2.45) is 0 Å². The van der Waals surface area contributed by atoms with Crippen LogP contribution in [0.15, 0.2) is 35.4 Å². The zero-order chi connectivity index (χ0) is 12.4. The molecule has 3 rings (SSSR count). The number of benzene rings is 1. The van der Waals surface area contributed by atoms with Gasteiger partial charge in [0, 0.05) is 26.8 Å². The summed E-state index contributed by atoms with van der Waals surface area (Å²) in [5.74, 6) is 0. The van der Waals surface area contributed by atoms with E-state index in [1.165, 1.54) is 23.1 Å². The summed E-state index contributed by atoms with van der Waals surface area (Å²) in [6, 6.07) is 8.01. The molecule has 2 heterocycles. The van der Waals surface area contributed by atoms with Gasteiger partial charge in [0.15, 0.2) is 0 Å². The van der Waals surface area contributed by atoms with Gasteiger partial charge in [-0.25, -0.2) is 0 Å². The van der Waals surface area contributed by atoms with E-state index in [-0.39, 0.29) is 24.8 Å². The third-order valence-corrected chi connectivity index (χ3v) is 4.89. The Hall–Kier alpha value is -0.190. The van der Waals surface area contributed by atoms with Gasteiger partial charge >= 0.3 is 0 Å². The summed E-state index contributed by atoms with van der Waals surface area (Å²) >= 11 is 8.05. The highest BCUT2D eigenvalue weighted by atomic mass is 35.5. The van der Waals surface area contributed by atoms with Crippen LogP contribution >= 0.6 is 48.2 Å². The molecule has 0 radical (unpaired) electrons. The molecule has 0 saturated carbocycles. The van der Waals surface area contributed by atoms with Gasteiger partial charge in [0.2, 0.25) is 0 Å². The van der Waals surface area contributed by atoms with Crippen molar-refractivity contribution < 1.29 is 0 Å². The maximum absolute atomic E-state index is 6.09. The number of aromatic nitrogens is 1. The predicted octanol–water partition coefficient (Wildman–Crippen LogP) is 4.58. The van der Waals surface area contributed by atoms with Gasteiger partial charge < -0.3 is 5.32 Å². The van der Waals surface area contributed by atoms with Crippen LogP contribution in [0, 0.1) is 0 Å². The van der Waals surface area contributed by atoms with Crippen LogP contribution in [0.4, 0.5) is 0 Å². The first-order valence-corrected chi connectivity index (χ1v) is 7.50. The lowest BCUT2D eigenvalue weighted by Crippen LogP contribution is -2.29. The summed E-state index contributed by atoms with van der Waals surface area (Å²) in [5.41, 5.74) is 1.03. The number of pyridine rings is 1. The van der Waals surface area contributed by atoms with Gasteiger partial charge in [-0.15, -0.1) is 36.6 Å². The minimum atomic E-state index is 0. The Labute approximate surface area is 140 Å². The van der Waals surface area contributed by atoms with Crippen molar-refractivity contribution in [1.82, 2.24) is 10.3 Å². The SMILES string of the molecule is Cl.Cl.Clc1ccc2nccc(SC3CCNCC3)c2c1. The highest BCUT2D eigenvalue weighted by Crippen LogP contribution is 2.34. The van der Waals surface area contributed by atoms with E-state index in [9.17, 15) is 0 Å². The number of piperidine rings is 1. The van der Waals surface area contributed by atoms with Crippen molar-refractivity contribution in [3.8, 4) is 0 Å². The fourth-order valence-corrected chi connectivity index (χ4v) is 3.72. The fraction of sp³-hybridized carbons (Fsp3) is 0.357. The predicted molar refractivity (Wildman–Crippen MR) is 93.0 cm³/mol. The number of thioether (sulfide) groups is 1. The summed E-state index contributed by atoms with van der Waals surface area (Å²) in [4.78, 5) is 5.69. The first-order valence-electron chi connectivity index (χ1n) is 6.24. The Bertz CT molecular complexity index is 559. The maximum atomic E-state index is 6.09. The Morgan fingerprint density at radius 3 is 2.65 bits per heavy atom. The standard InChI is InChI=1S/C14H15ClN2S.2ClH/c15-10-1-2-13-12(9-10)14(5-8-17-13)18-11-3-6-16-7-4-11;;/h1-2,5,8-9,11,16H,3-4,6-7H2;2*1H. The zero-order valence-corrected chi connectivity index (χ0v) is 14.0. The van der Waals surface area contributed by atoms with Gasteiger partial charge in [-0.1, -0.05) is 11.6 Å². The normalized spacial score (nSPS) is 15.4. The van der Waals surface area contributed by atoms with E-state index >= 15 is 0 Å². The number of hydrogen-bond acceptors (Lipinski definition) is 3. The topological polar surface area (TPSA) is 24.9 Å². The summed E-state index contributed by atoms with van der Waals surface area (Å²) < 4.78 is 0. The summed E-state index contributed by atoms with van der Waals surface area (Å²) in [6.07, 6.45) is 4.35. The van der Waals surface area contributed by atoms with E-state index in [1.807, 2.05) is 36.2 Å². The van der Waals surface area contributed by atoms with Gasteiger partial charge in [0.25, 0.3) is 0 Å². The number of halogens is 3. The molecule has 2 nitrogen and oxygen atoms in total. The molecule has 0 bridgehead atoms. The van der Waals surface area contributed by atoms with E-state index < -0.39 is 0 Å². The quantitative estimate of drug-likeness (QED) is 0.857. The Balaban J connectivity index is 0.000001000. The van der Waals surface area contributed by atoms with Crippen LogP contribution in [0.5, 0.6) is 0 Å². The molecule has 2 aromatic rings. The molecule has 1 aliphatic rings. The van der Waals surface area contributed by atoms with Crippen molar-refractivity contribution >= 4 is 59.1 Å². The first-order chi connectivity index (χ1) is 8.83. The Kier molecular flexibility index (Phi) is 7.41. The molecule has 0 aliphatic carbocycles. The minimum Gasteiger partial charge on any atom is -0.317 e. The zero-order valence-electron chi connectivity index (χ0n) is 10.8. The third kappa shape index (κ3) is 4.15. The van der Waals surface area contributed by atoms with Crippen LogP contribution in [0.1, 0.15) is 12.8 Å². The Morgan fingerprint density at radius 2 is 1.90 bits per heavy atom. The van der Waals surface area contributed by atoms with Crippen LogP contribution in [-0.4, -0.2) is 23.3 Å². The highest BCUT2D eigenvalue weighted by molar-refractivity contribution is 8.00. The second-order valence-electron chi connectivity index (χ2n) is 4.54. The van der Waals surface area contributed by atoms with Crippen molar-refractivity contribution in [1.29, 1.82) is 0 Å². The van der Waals surface area contributed by atoms with Crippen molar-refractivity contribution in [3.63, 3.8) is 0 Å². The highest BCUT2D eigenvalue weighted by Gasteiger charge is 2.15. The van der Waals surface area contributed by atoms with Crippen molar-refractivity contribution in [2.75, 3.05) is 13.1 Å². The summed E-state index contributed by atoms with van der Waals surface area (Å²) in [6.45, 7) is 2.25. The van der Waals surface area contributed by atoms with Gasteiger partial charge in [-0.2, -0.15) is 0 Å². The third-order valence-electron chi connectivity index (χ3n) is 3.24. The minimum absolute atomic E-state index is 0. The molecule has 1 fully saturated rings. The Morgan fingerprint density at radius 1 is 1.15 bits per heavy atom. The fourth-order valence-electron chi connectivity index (χ4n) is 2.29. The van der Waals surface area contributed by atoms with Crippen LogP contribution in [-0.2, 0) is 0 Å². The molecule has 20 heavy (non-hydrogen) atoms. The smallest absolute Gasteiger partial charge is 0.0714 e. The number of rotatable bonds is 2. The van der Waals surface area contributed by atoms with E-state index in [0.717, 1.165) is 23.6 Å². The first kappa shape index (κ1) is 17.9. The number of nitrogens with zero attached hydrogens (tertiary/aromatic N) is 1. The van der Waals surface area contributed by atoms with Crippen LogP contribution in [0.2, 0.25) is 5.02 Å². The molecule has 1 aliphatic heterocycles. The molecular formula is C14H17Cl3N2S. The molecule has 1 N–H and O–H groups in total. The van der Waals surface area contributed by atoms with Crippen LogP contribution < -0.4 is 5.32 Å². The van der Waals surface area contributed by atoms with Crippen LogP contribution in [0.3, 0.4) is 0 Å². The van der Waals surface area contributed by atoms with E-state index in [1.54, 1.807) is 0 Å². The average molecular weight is 352 g/mol. The molecule has 0 atom stereocenters. The monoisotopic (exact) mass is 350 g/mol. The lowest BCUT2D eigenvalue weighted by Gasteiger charge is -2.22. The van der Waals surface area contributed by atoms with E-state index in [2.05, 4.69) is 16.4 Å². The molecule has 6 heteroatoms. The van der Waals surface area contributed by atoms with Gasteiger partial charge in [-0.05, 0) is 50.2 Å². The second-order valence-corrected chi connectivity index (χ2v) is 6.32. The molecule has 0 amide bonds. The summed E-state index contributed by atoms with van der Waals surface area (Å²) in [7, 11) is 0. The lowest BCUT2D eigenvalue weighted by atomic mass is 10.2. The van der Waals surface area contributed by atoms with Gasteiger partial charge in [0.1, 0.15) is 0 Å². The molecule has 0 unspecified atom stereocenters. The van der Waals surface area contributed by atoms with Crippen molar-refractivity contribution in [3.05, 3.63) is 35.5 Å². The van der Waals surface area contributed by atoms with Crippen molar-refractivity contribution in [2.45, 2.75) is 23.0 Å². The lowest BCUT2D eigenvalue weighted by molar-refractivity contribution is 0.531. The molecule has 110 valence electrons. The molecule has 1 aromatic heterocycles. The van der Waals surface area contributed by atoms with Gasteiger partial charge in [-0.3, -0.25) is 4.98 Å². The number of nitrogens with one attached hydrogen (secondary N) is 1.